The number of unbranched alkanes of at least 4 members (excludes halogenated alkanes) is 1. The fourth-order valence-corrected chi connectivity index (χ4v) is 4.34. The van der Waals surface area contributed by atoms with E-state index in [1.54, 1.807) is 22.2 Å². The molecule has 2 aromatic carbocycles. The van der Waals surface area contributed by atoms with Gasteiger partial charge in [0.25, 0.3) is 5.56 Å². The first kappa shape index (κ1) is 18.4. The summed E-state index contributed by atoms with van der Waals surface area (Å²) >= 11 is 1.58. The topological polar surface area (TPSA) is 44.1 Å². The van der Waals surface area contributed by atoms with Crippen LogP contribution in [0, 0.1) is 6.92 Å². The minimum absolute atomic E-state index is 0.0391. The Labute approximate surface area is 168 Å². The first-order chi connectivity index (χ1) is 13.7. The van der Waals surface area contributed by atoms with E-state index in [0.717, 1.165) is 44.8 Å². The van der Waals surface area contributed by atoms with Gasteiger partial charge < -0.3 is 4.74 Å². The molecule has 0 saturated carbocycles. The third kappa shape index (κ3) is 3.85. The van der Waals surface area contributed by atoms with Crippen LogP contribution >= 0.6 is 11.3 Å². The molecule has 0 saturated heterocycles. The third-order valence-corrected chi connectivity index (χ3v) is 5.74. The van der Waals surface area contributed by atoms with Crippen LogP contribution in [0.3, 0.4) is 0 Å². The Morgan fingerprint density at radius 1 is 1.00 bits per heavy atom. The van der Waals surface area contributed by atoms with Crippen molar-refractivity contribution in [3.8, 4) is 16.9 Å². The van der Waals surface area contributed by atoms with Crippen LogP contribution in [-0.4, -0.2) is 16.2 Å². The Morgan fingerprint density at radius 3 is 2.46 bits per heavy atom. The fraction of sp³-hybridized carbons (Fsp3) is 0.217. The quantitative estimate of drug-likeness (QED) is 0.403. The highest BCUT2D eigenvalue weighted by molar-refractivity contribution is 7.19. The highest BCUT2D eigenvalue weighted by Crippen LogP contribution is 2.35. The largest absolute Gasteiger partial charge is 0.494 e. The number of aromatic nitrogens is 2. The molecule has 0 spiro atoms. The first-order valence-electron chi connectivity index (χ1n) is 9.46. The van der Waals surface area contributed by atoms with Crippen molar-refractivity contribution in [2.45, 2.75) is 26.3 Å². The van der Waals surface area contributed by atoms with Gasteiger partial charge in [-0.05, 0) is 37.5 Å². The molecule has 28 heavy (non-hydrogen) atoms. The molecule has 5 heteroatoms. The van der Waals surface area contributed by atoms with Gasteiger partial charge in [0.2, 0.25) is 0 Å². The SMILES string of the molecule is Cc1sc2ncn(CCCCOc3ccccc3)c(=O)c2c1-c1ccccc1. The van der Waals surface area contributed by atoms with Crippen LogP contribution in [0.15, 0.2) is 71.8 Å². The molecule has 0 bridgehead atoms. The van der Waals surface area contributed by atoms with Crippen molar-refractivity contribution >= 4 is 21.6 Å². The van der Waals surface area contributed by atoms with Gasteiger partial charge in [0.05, 0.1) is 18.3 Å². The van der Waals surface area contributed by atoms with Gasteiger partial charge in [-0.25, -0.2) is 4.98 Å². The van der Waals surface area contributed by atoms with E-state index < -0.39 is 0 Å². The number of nitrogens with zero attached hydrogens (tertiary/aromatic N) is 2. The van der Waals surface area contributed by atoms with Crippen molar-refractivity contribution in [2.75, 3.05) is 6.61 Å². The Bertz CT molecular complexity index is 1120. The van der Waals surface area contributed by atoms with Crippen molar-refractivity contribution < 1.29 is 4.74 Å². The molecule has 0 atom stereocenters. The van der Waals surface area contributed by atoms with Crippen molar-refractivity contribution in [3.63, 3.8) is 0 Å². The smallest absolute Gasteiger partial charge is 0.262 e. The normalized spacial score (nSPS) is 11.0. The maximum absolute atomic E-state index is 13.1. The van der Waals surface area contributed by atoms with Crippen LogP contribution < -0.4 is 10.3 Å². The summed E-state index contributed by atoms with van der Waals surface area (Å²) in [5, 5.41) is 0.733. The summed E-state index contributed by atoms with van der Waals surface area (Å²) in [5.41, 5.74) is 2.12. The van der Waals surface area contributed by atoms with Gasteiger partial charge in [-0.3, -0.25) is 9.36 Å². The van der Waals surface area contributed by atoms with Crippen molar-refractivity contribution in [1.82, 2.24) is 9.55 Å². The standard InChI is InChI=1S/C23H22N2O2S/c1-17-20(18-10-4-2-5-11-18)21-22(28-17)24-16-25(23(21)26)14-8-9-15-27-19-12-6-3-7-13-19/h2-7,10-13,16H,8-9,14-15H2,1H3. The minimum atomic E-state index is 0.0391. The first-order valence-corrected chi connectivity index (χ1v) is 10.3. The molecule has 4 nitrogen and oxygen atoms in total. The van der Waals surface area contributed by atoms with Gasteiger partial charge in [-0.1, -0.05) is 48.5 Å². The molecule has 0 radical (unpaired) electrons. The molecule has 0 unspecified atom stereocenters. The molecule has 2 aromatic heterocycles. The van der Waals surface area contributed by atoms with Gasteiger partial charge in [0, 0.05) is 17.0 Å². The van der Waals surface area contributed by atoms with Gasteiger partial charge in [0.15, 0.2) is 0 Å². The second-order valence-electron chi connectivity index (χ2n) is 6.69. The zero-order valence-electron chi connectivity index (χ0n) is 15.8. The highest BCUT2D eigenvalue weighted by Gasteiger charge is 2.16. The molecular formula is C23H22N2O2S. The van der Waals surface area contributed by atoms with Gasteiger partial charge in [-0.15, -0.1) is 11.3 Å². The predicted molar refractivity (Wildman–Crippen MR) is 115 cm³/mol. The van der Waals surface area contributed by atoms with E-state index in [0.29, 0.717) is 13.2 Å². The van der Waals surface area contributed by atoms with Crippen LogP contribution in [-0.2, 0) is 6.54 Å². The predicted octanol–water partition coefficient (Wildman–Crippen LogP) is 5.29. The highest BCUT2D eigenvalue weighted by atomic mass is 32.1. The van der Waals surface area contributed by atoms with Crippen LogP contribution in [0.5, 0.6) is 5.75 Å². The molecule has 0 N–H and O–H groups in total. The van der Waals surface area contributed by atoms with E-state index in [1.807, 2.05) is 60.7 Å². The molecule has 0 amide bonds. The summed E-state index contributed by atoms with van der Waals surface area (Å²) in [5.74, 6) is 0.879. The van der Waals surface area contributed by atoms with Crippen molar-refractivity contribution in [1.29, 1.82) is 0 Å². The number of hydrogen-bond donors (Lipinski definition) is 0. The Balaban J connectivity index is 1.49. The lowest BCUT2D eigenvalue weighted by atomic mass is 10.0. The number of fused-ring (bicyclic) bond motifs is 1. The van der Waals surface area contributed by atoms with E-state index in [9.17, 15) is 4.79 Å². The van der Waals surface area contributed by atoms with Gasteiger partial charge >= 0.3 is 0 Å². The molecule has 0 aliphatic heterocycles. The summed E-state index contributed by atoms with van der Waals surface area (Å²) < 4.78 is 7.45. The summed E-state index contributed by atoms with van der Waals surface area (Å²) in [6, 6.07) is 19.9. The van der Waals surface area contributed by atoms with Crippen molar-refractivity contribution in [3.05, 3.63) is 82.2 Å². The molecule has 0 aliphatic rings. The maximum Gasteiger partial charge on any atom is 0.262 e. The lowest BCUT2D eigenvalue weighted by molar-refractivity contribution is 0.303. The number of thiophene rings is 1. The number of hydrogen-bond acceptors (Lipinski definition) is 4. The molecule has 4 rings (SSSR count). The van der Waals surface area contributed by atoms with E-state index in [2.05, 4.69) is 11.9 Å². The van der Waals surface area contributed by atoms with Crippen molar-refractivity contribution in [2.24, 2.45) is 0 Å². The number of para-hydroxylation sites is 1. The van der Waals surface area contributed by atoms with E-state index in [1.165, 1.54) is 0 Å². The van der Waals surface area contributed by atoms with Crippen LogP contribution in [0.4, 0.5) is 0 Å². The molecular weight excluding hydrogens is 368 g/mol. The number of aryl methyl sites for hydroxylation is 2. The lowest BCUT2D eigenvalue weighted by Crippen LogP contribution is -2.20. The zero-order chi connectivity index (χ0) is 19.3. The summed E-state index contributed by atoms with van der Waals surface area (Å²) in [4.78, 5) is 19.6. The molecule has 0 fully saturated rings. The Morgan fingerprint density at radius 2 is 1.71 bits per heavy atom. The van der Waals surface area contributed by atoms with Gasteiger partial charge in [-0.2, -0.15) is 0 Å². The Kier molecular flexibility index (Phi) is 5.53. The van der Waals surface area contributed by atoms with Crippen LogP contribution in [0.2, 0.25) is 0 Å². The van der Waals surface area contributed by atoms with Gasteiger partial charge in [0.1, 0.15) is 10.6 Å². The number of ether oxygens (including phenoxy) is 1. The van der Waals surface area contributed by atoms with E-state index in [4.69, 9.17) is 4.74 Å². The summed E-state index contributed by atoms with van der Waals surface area (Å²) in [6.07, 6.45) is 3.42. The summed E-state index contributed by atoms with van der Waals surface area (Å²) in [7, 11) is 0. The molecule has 2 heterocycles. The zero-order valence-corrected chi connectivity index (χ0v) is 16.6. The van der Waals surface area contributed by atoms with E-state index >= 15 is 0 Å². The minimum Gasteiger partial charge on any atom is -0.494 e. The number of benzene rings is 2. The van der Waals surface area contributed by atoms with E-state index in [-0.39, 0.29) is 5.56 Å². The monoisotopic (exact) mass is 390 g/mol. The number of rotatable bonds is 7. The third-order valence-electron chi connectivity index (χ3n) is 4.72. The second kappa shape index (κ2) is 8.40. The maximum atomic E-state index is 13.1. The molecule has 0 aliphatic carbocycles. The van der Waals surface area contributed by atoms with Crippen LogP contribution in [0.1, 0.15) is 17.7 Å². The Hall–Kier alpha value is -2.92. The lowest BCUT2D eigenvalue weighted by Gasteiger charge is -2.08. The fourth-order valence-electron chi connectivity index (χ4n) is 3.34. The summed E-state index contributed by atoms with van der Waals surface area (Å²) in [6.45, 7) is 3.34. The molecule has 142 valence electrons. The van der Waals surface area contributed by atoms with Crippen LogP contribution in [0.25, 0.3) is 21.3 Å². The molecule has 4 aromatic rings. The average molecular weight is 391 g/mol. The second-order valence-corrected chi connectivity index (χ2v) is 7.89. The average Bonchev–Trinajstić information content (AvgIpc) is 3.07.